The van der Waals surface area contributed by atoms with E-state index in [4.69, 9.17) is 5.11 Å². The van der Waals surface area contributed by atoms with Crippen LogP contribution >= 0.6 is 0 Å². The second kappa shape index (κ2) is 13.4. The first kappa shape index (κ1) is 17.9. The van der Waals surface area contributed by atoms with E-state index in [1.165, 1.54) is 44.9 Å². The molecule has 0 aromatic rings. The van der Waals surface area contributed by atoms with Crippen molar-refractivity contribution in [3.05, 3.63) is 0 Å². The second-order valence-electron chi connectivity index (χ2n) is 5.70. The molecule has 0 heterocycles. The molecule has 0 amide bonds. The number of hydrogen-bond acceptors (Lipinski definition) is 2. The maximum Gasteiger partial charge on any atom is 0.0540 e. The molecule has 18 heavy (non-hydrogen) atoms. The van der Waals surface area contributed by atoms with E-state index < -0.39 is 0 Å². The Morgan fingerprint density at radius 2 is 1.11 bits per heavy atom. The zero-order valence-corrected chi connectivity index (χ0v) is 12.5. The Morgan fingerprint density at radius 1 is 0.667 bits per heavy atom. The highest BCUT2D eigenvalue weighted by Gasteiger charge is 2.04. The molecule has 0 spiro atoms. The lowest BCUT2D eigenvalue weighted by Crippen LogP contribution is -2.07. The van der Waals surface area contributed by atoms with Gasteiger partial charge in [0.15, 0.2) is 0 Å². The van der Waals surface area contributed by atoms with Gasteiger partial charge in [-0.3, -0.25) is 0 Å². The number of aliphatic hydroxyl groups is 2. The van der Waals surface area contributed by atoms with Crippen LogP contribution in [0.15, 0.2) is 0 Å². The first-order chi connectivity index (χ1) is 8.66. The zero-order valence-electron chi connectivity index (χ0n) is 12.5. The van der Waals surface area contributed by atoms with E-state index >= 15 is 0 Å². The van der Waals surface area contributed by atoms with Gasteiger partial charge >= 0.3 is 0 Å². The zero-order chi connectivity index (χ0) is 13.6. The summed E-state index contributed by atoms with van der Waals surface area (Å²) < 4.78 is 0. The van der Waals surface area contributed by atoms with E-state index in [0.717, 1.165) is 32.1 Å². The van der Waals surface area contributed by atoms with Gasteiger partial charge in [-0.2, -0.15) is 0 Å². The molecule has 0 aromatic heterocycles. The van der Waals surface area contributed by atoms with Crippen molar-refractivity contribution in [1.29, 1.82) is 0 Å². The number of rotatable bonds is 13. The van der Waals surface area contributed by atoms with Crippen LogP contribution in [0, 0.1) is 0 Å². The largest absolute Gasteiger partial charge is 0.393 e. The molecule has 110 valence electrons. The minimum atomic E-state index is -0.190. The molecule has 0 aliphatic rings. The molecule has 0 bridgehead atoms. The average Bonchev–Trinajstić information content (AvgIpc) is 2.33. The summed E-state index contributed by atoms with van der Waals surface area (Å²) >= 11 is 0. The Morgan fingerprint density at radius 3 is 1.67 bits per heavy atom. The molecule has 2 heteroatoms. The maximum absolute atomic E-state index is 9.79. The van der Waals surface area contributed by atoms with E-state index in [-0.39, 0.29) is 12.2 Å². The molecule has 2 N–H and O–H groups in total. The van der Waals surface area contributed by atoms with Gasteiger partial charge < -0.3 is 10.2 Å². The Balaban J connectivity index is 3.14. The highest BCUT2D eigenvalue weighted by molar-refractivity contribution is 4.58. The fourth-order valence-corrected chi connectivity index (χ4v) is 2.30. The van der Waals surface area contributed by atoms with E-state index in [1.54, 1.807) is 0 Å². The summed E-state index contributed by atoms with van der Waals surface area (Å²) in [6.07, 6.45) is 13.7. The van der Waals surface area contributed by atoms with Crippen LogP contribution in [-0.4, -0.2) is 22.4 Å². The van der Waals surface area contributed by atoms with Crippen molar-refractivity contribution in [3.8, 4) is 0 Å². The summed E-state index contributed by atoms with van der Waals surface area (Å²) in [5, 5.41) is 18.9. The normalized spacial score (nSPS) is 14.7. The maximum atomic E-state index is 9.79. The predicted molar refractivity (Wildman–Crippen MR) is 78.8 cm³/mol. The number of aliphatic hydroxyl groups excluding tert-OH is 2. The van der Waals surface area contributed by atoms with Crippen LogP contribution in [-0.2, 0) is 0 Å². The first-order valence-electron chi connectivity index (χ1n) is 8.03. The topological polar surface area (TPSA) is 40.5 Å². The average molecular weight is 258 g/mol. The van der Waals surface area contributed by atoms with Gasteiger partial charge in [0.25, 0.3) is 0 Å². The Kier molecular flexibility index (Phi) is 13.3. The minimum Gasteiger partial charge on any atom is -0.393 e. The van der Waals surface area contributed by atoms with Gasteiger partial charge in [-0.1, -0.05) is 64.7 Å². The molecular weight excluding hydrogens is 224 g/mol. The van der Waals surface area contributed by atoms with Gasteiger partial charge in [0.05, 0.1) is 12.2 Å². The Bertz CT molecular complexity index is 157. The molecule has 2 unspecified atom stereocenters. The van der Waals surface area contributed by atoms with Gasteiger partial charge in [0, 0.05) is 0 Å². The van der Waals surface area contributed by atoms with E-state index in [9.17, 15) is 5.11 Å². The molecule has 0 saturated carbocycles. The van der Waals surface area contributed by atoms with Crippen molar-refractivity contribution in [2.24, 2.45) is 0 Å². The van der Waals surface area contributed by atoms with Crippen LogP contribution in [0.1, 0.15) is 90.9 Å². The number of unbranched alkanes of at least 4 members (excludes halogenated alkanes) is 7. The van der Waals surface area contributed by atoms with Crippen molar-refractivity contribution in [2.45, 2.75) is 103 Å². The van der Waals surface area contributed by atoms with Crippen LogP contribution in [0.25, 0.3) is 0 Å². The van der Waals surface area contributed by atoms with Crippen LogP contribution in [0.2, 0.25) is 0 Å². The van der Waals surface area contributed by atoms with Crippen molar-refractivity contribution in [1.82, 2.24) is 0 Å². The van der Waals surface area contributed by atoms with E-state index in [2.05, 4.69) is 6.92 Å². The molecule has 0 aliphatic carbocycles. The molecule has 0 aliphatic heterocycles. The summed E-state index contributed by atoms with van der Waals surface area (Å²) in [5.74, 6) is 0. The lowest BCUT2D eigenvalue weighted by Gasteiger charge is -2.10. The summed E-state index contributed by atoms with van der Waals surface area (Å²) in [4.78, 5) is 0. The fourth-order valence-electron chi connectivity index (χ4n) is 2.30. The smallest absolute Gasteiger partial charge is 0.0540 e. The van der Waals surface area contributed by atoms with Crippen molar-refractivity contribution < 1.29 is 10.2 Å². The van der Waals surface area contributed by atoms with Crippen molar-refractivity contribution >= 4 is 0 Å². The molecule has 0 aromatic carbocycles. The van der Waals surface area contributed by atoms with Gasteiger partial charge in [-0.25, -0.2) is 0 Å². The lowest BCUT2D eigenvalue weighted by molar-refractivity contribution is 0.141. The third-order valence-corrected chi connectivity index (χ3v) is 3.55. The summed E-state index contributed by atoms with van der Waals surface area (Å²) in [7, 11) is 0. The third kappa shape index (κ3) is 14.0. The molecule has 2 atom stereocenters. The van der Waals surface area contributed by atoms with Crippen molar-refractivity contribution in [3.63, 3.8) is 0 Å². The van der Waals surface area contributed by atoms with Crippen LogP contribution in [0.3, 0.4) is 0 Å². The summed E-state index contributed by atoms with van der Waals surface area (Å²) in [5.41, 5.74) is 0. The van der Waals surface area contributed by atoms with Gasteiger partial charge in [-0.05, 0) is 26.2 Å². The molecule has 2 nitrogen and oxygen atoms in total. The molecule has 0 radical (unpaired) electrons. The standard InChI is InChI=1S/C16H34O2/c1-3-4-5-6-7-8-9-13-16(18)14-11-10-12-15(2)17/h15-18H,3-14H2,1-2H3. The summed E-state index contributed by atoms with van der Waals surface area (Å²) in [6, 6.07) is 0. The molecule has 0 fully saturated rings. The highest BCUT2D eigenvalue weighted by atomic mass is 16.3. The third-order valence-electron chi connectivity index (χ3n) is 3.55. The van der Waals surface area contributed by atoms with Gasteiger partial charge in [-0.15, -0.1) is 0 Å². The Labute approximate surface area is 114 Å². The minimum absolute atomic E-state index is 0.116. The van der Waals surface area contributed by atoms with Crippen molar-refractivity contribution in [2.75, 3.05) is 0 Å². The number of hydrogen-bond donors (Lipinski definition) is 2. The Hall–Kier alpha value is -0.0800. The fraction of sp³-hybridized carbons (Fsp3) is 1.00. The van der Waals surface area contributed by atoms with E-state index in [1.807, 2.05) is 6.92 Å². The van der Waals surface area contributed by atoms with E-state index in [0.29, 0.717) is 0 Å². The molecule has 0 rings (SSSR count). The molecule has 0 saturated heterocycles. The van der Waals surface area contributed by atoms with Crippen LogP contribution in [0.4, 0.5) is 0 Å². The second-order valence-corrected chi connectivity index (χ2v) is 5.70. The monoisotopic (exact) mass is 258 g/mol. The summed E-state index contributed by atoms with van der Waals surface area (Å²) in [6.45, 7) is 4.07. The highest BCUT2D eigenvalue weighted by Crippen LogP contribution is 2.13. The van der Waals surface area contributed by atoms with Gasteiger partial charge in [0.1, 0.15) is 0 Å². The van der Waals surface area contributed by atoms with Crippen LogP contribution < -0.4 is 0 Å². The lowest BCUT2D eigenvalue weighted by atomic mass is 10.0. The van der Waals surface area contributed by atoms with Crippen LogP contribution in [0.5, 0.6) is 0 Å². The first-order valence-corrected chi connectivity index (χ1v) is 8.03. The van der Waals surface area contributed by atoms with Gasteiger partial charge in [0.2, 0.25) is 0 Å². The molecular formula is C16H34O2. The quantitative estimate of drug-likeness (QED) is 0.480. The SMILES string of the molecule is CCCCCCCCCC(O)CCCCC(C)O. The predicted octanol–water partition coefficient (Wildman–Crippen LogP) is 4.43.